The molecule has 0 spiro atoms. The topological polar surface area (TPSA) is 48.7 Å². The van der Waals surface area contributed by atoms with Gasteiger partial charge in [0.25, 0.3) is 0 Å². The van der Waals surface area contributed by atoms with E-state index in [0.717, 1.165) is 30.9 Å². The second kappa shape index (κ2) is 8.19. The molecule has 2 unspecified atom stereocenters. The van der Waals surface area contributed by atoms with Crippen LogP contribution in [0, 0.1) is 11.3 Å². The molecule has 2 atom stereocenters. The lowest BCUT2D eigenvalue weighted by Gasteiger charge is -2.39. The predicted molar refractivity (Wildman–Crippen MR) is 90.8 cm³/mol. The Labute approximate surface area is 139 Å². The molecule has 0 bridgehead atoms. The lowest BCUT2D eigenvalue weighted by atomic mass is 10.0. The van der Waals surface area contributed by atoms with Crippen molar-refractivity contribution in [3.8, 4) is 17.6 Å². The Morgan fingerprint density at radius 1 is 1.22 bits per heavy atom. The Kier molecular flexibility index (Phi) is 6.26. The van der Waals surface area contributed by atoms with E-state index in [0.29, 0.717) is 25.0 Å². The molecular formula is C18H27N3O2. The third kappa shape index (κ3) is 4.15. The first-order valence-electron chi connectivity index (χ1n) is 8.34. The van der Waals surface area contributed by atoms with Gasteiger partial charge in [-0.15, -0.1) is 0 Å². The van der Waals surface area contributed by atoms with E-state index in [-0.39, 0.29) is 6.04 Å². The van der Waals surface area contributed by atoms with Crippen LogP contribution < -0.4 is 9.47 Å². The zero-order chi connectivity index (χ0) is 16.8. The molecule has 5 nitrogen and oxygen atoms in total. The molecule has 1 heterocycles. The zero-order valence-electron chi connectivity index (χ0n) is 14.6. The molecule has 1 aromatic carbocycles. The van der Waals surface area contributed by atoms with Gasteiger partial charge in [0, 0.05) is 25.7 Å². The number of nitrogens with zero attached hydrogens (tertiary/aromatic N) is 3. The van der Waals surface area contributed by atoms with Gasteiger partial charge in [0.15, 0.2) is 11.5 Å². The SMILES string of the molecule is CCOc1ccc(C(C#N)N2CCN(C)C(C)C2)cc1OCC. The number of likely N-dealkylation sites (N-methyl/N-ethyl adjacent to an activating group) is 1. The van der Waals surface area contributed by atoms with Crippen molar-refractivity contribution in [3.05, 3.63) is 23.8 Å². The summed E-state index contributed by atoms with van der Waals surface area (Å²) in [4.78, 5) is 4.57. The van der Waals surface area contributed by atoms with Crippen LogP contribution in [0.2, 0.25) is 0 Å². The highest BCUT2D eigenvalue weighted by Gasteiger charge is 2.28. The van der Waals surface area contributed by atoms with E-state index in [1.807, 2.05) is 32.0 Å². The Morgan fingerprint density at radius 2 is 1.91 bits per heavy atom. The standard InChI is InChI=1S/C18H27N3O2/c1-5-22-17-8-7-15(11-18(17)23-6-2)16(12-19)21-10-9-20(4)14(3)13-21/h7-8,11,14,16H,5-6,9-10,13H2,1-4H3. The van der Waals surface area contributed by atoms with E-state index in [1.165, 1.54) is 0 Å². The molecule has 1 saturated heterocycles. The maximum absolute atomic E-state index is 9.70. The van der Waals surface area contributed by atoms with Crippen molar-refractivity contribution in [1.29, 1.82) is 5.26 Å². The van der Waals surface area contributed by atoms with Crippen molar-refractivity contribution < 1.29 is 9.47 Å². The fourth-order valence-electron chi connectivity index (χ4n) is 2.92. The molecule has 23 heavy (non-hydrogen) atoms. The van der Waals surface area contributed by atoms with Crippen molar-refractivity contribution in [2.24, 2.45) is 0 Å². The predicted octanol–water partition coefficient (Wildman–Crippen LogP) is 2.68. The number of hydrogen-bond acceptors (Lipinski definition) is 5. The molecule has 0 aliphatic carbocycles. The maximum atomic E-state index is 9.70. The van der Waals surface area contributed by atoms with Crippen LogP contribution in [0.25, 0.3) is 0 Å². The minimum atomic E-state index is -0.249. The summed E-state index contributed by atoms with van der Waals surface area (Å²) in [7, 11) is 2.13. The van der Waals surface area contributed by atoms with E-state index in [9.17, 15) is 5.26 Å². The lowest BCUT2D eigenvalue weighted by Crippen LogP contribution is -2.50. The summed E-state index contributed by atoms with van der Waals surface area (Å²) in [5.74, 6) is 1.45. The van der Waals surface area contributed by atoms with Crippen molar-refractivity contribution in [2.45, 2.75) is 32.9 Å². The van der Waals surface area contributed by atoms with Gasteiger partial charge >= 0.3 is 0 Å². The molecule has 1 aliphatic rings. The molecule has 1 aromatic rings. The molecule has 0 N–H and O–H groups in total. The molecule has 1 fully saturated rings. The maximum Gasteiger partial charge on any atom is 0.161 e. The summed E-state index contributed by atoms with van der Waals surface area (Å²) in [6.45, 7) is 10.0. The van der Waals surface area contributed by atoms with Crippen LogP contribution in [-0.4, -0.2) is 55.7 Å². The van der Waals surface area contributed by atoms with E-state index >= 15 is 0 Å². The molecule has 0 radical (unpaired) electrons. The minimum Gasteiger partial charge on any atom is -0.490 e. The highest BCUT2D eigenvalue weighted by Crippen LogP contribution is 2.33. The second-order valence-electron chi connectivity index (χ2n) is 5.93. The van der Waals surface area contributed by atoms with Gasteiger partial charge in [-0.3, -0.25) is 4.90 Å². The molecule has 2 rings (SSSR count). The van der Waals surface area contributed by atoms with Crippen molar-refractivity contribution in [1.82, 2.24) is 9.80 Å². The van der Waals surface area contributed by atoms with Gasteiger partial charge in [-0.1, -0.05) is 6.07 Å². The monoisotopic (exact) mass is 317 g/mol. The normalized spacial score (nSPS) is 20.7. The fraction of sp³-hybridized carbons (Fsp3) is 0.611. The average molecular weight is 317 g/mol. The number of nitriles is 1. The summed E-state index contributed by atoms with van der Waals surface area (Å²) in [5.41, 5.74) is 0.969. The van der Waals surface area contributed by atoms with E-state index in [2.05, 4.69) is 29.8 Å². The Balaban J connectivity index is 2.24. The first kappa shape index (κ1) is 17.6. The summed E-state index contributed by atoms with van der Waals surface area (Å²) in [6.07, 6.45) is 0. The highest BCUT2D eigenvalue weighted by molar-refractivity contribution is 5.45. The van der Waals surface area contributed by atoms with Gasteiger partial charge in [0.2, 0.25) is 0 Å². The Hall–Kier alpha value is -1.77. The van der Waals surface area contributed by atoms with Gasteiger partial charge < -0.3 is 14.4 Å². The summed E-state index contributed by atoms with van der Waals surface area (Å²) in [5, 5.41) is 9.70. The van der Waals surface area contributed by atoms with Crippen LogP contribution in [0.15, 0.2) is 18.2 Å². The van der Waals surface area contributed by atoms with E-state index < -0.39 is 0 Å². The summed E-state index contributed by atoms with van der Waals surface area (Å²) < 4.78 is 11.3. The molecule has 5 heteroatoms. The molecule has 0 saturated carbocycles. The van der Waals surface area contributed by atoms with Gasteiger partial charge in [0.1, 0.15) is 6.04 Å². The number of rotatable bonds is 6. The highest BCUT2D eigenvalue weighted by atomic mass is 16.5. The number of benzene rings is 1. The Bertz CT molecular complexity index is 556. The first-order chi connectivity index (χ1) is 11.1. The van der Waals surface area contributed by atoms with Gasteiger partial charge in [-0.25, -0.2) is 0 Å². The van der Waals surface area contributed by atoms with Crippen LogP contribution in [0.5, 0.6) is 11.5 Å². The van der Waals surface area contributed by atoms with Gasteiger partial charge in [-0.05, 0) is 45.5 Å². The van der Waals surface area contributed by atoms with Crippen LogP contribution in [0.3, 0.4) is 0 Å². The fourth-order valence-corrected chi connectivity index (χ4v) is 2.92. The van der Waals surface area contributed by atoms with Crippen LogP contribution in [0.1, 0.15) is 32.4 Å². The zero-order valence-corrected chi connectivity index (χ0v) is 14.6. The van der Waals surface area contributed by atoms with Gasteiger partial charge in [0.05, 0.1) is 19.3 Å². The van der Waals surface area contributed by atoms with Crippen LogP contribution >= 0.6 is 0 Å². The van der Waals surface area contributed by atoms with Crippen LogP contribution in [0.4, 0.5) is 0 Å². The molecule has 126 valence electrons. The van der Waals surface area contributed by atoms with E-state index in [4.69, 9.17) is 9.47 Å². The molecule has 1 aliphatic heterocycles. The number of ether oxygens (including phenoxy) is 2. The number of piperazine rings is 1. The first-order valence-corrected chi connectivity index (χ1v) is 8.34. The smallest absolute Gasteiger partial charge is 0.161 e. The molecule has 0 amide bonds. The summed E-state index contributed by atoms with van der Waals surface area (Å²) >= 11 is 0. The summed E-state index contributed by atoms with van der Waals surface area (Å²) in [6, 6.07) is 8.50. The van der Waals surface area contributed by atoms with Crippen molar-refractivity contribution in [2.75, 3.05) is 39.9 Å². The molecular weight excluding hydrogens is 290 g/mol. The quantitative estimate of drug-likeness (QED) is 0.807. The third-order valence-electron chi connectivity index (χ3n) is 4.36. The van der Waals surface area contributed by atoms with Gasteiger partial charge in [-0.2, -0.15) is 5.26 Å². The van der Waals surface area contributed by atoms with E-state index in [1.54, 1.807) is 0 Å². The number of hydrogen-bond donors (Lipinski definition) is 0. The lowest BCUT2D eigenvalue weighted by molar-refractivity contribution is 0.0880. The van der Waals surface area contributed by atoms with Crippen LogP contribution in [-0.2, 0) is 0 Å². The van der Waals surface area contributed by atoms with Crippen molar-refractivity contribution in [3.63, 3.8) is 0 Å². The minimum absolute atomic E-state index is 0.249. The van der Waals surface area contributed by atoms with Crippen molar-refractivity contribution >= 4 is 0 Å². The largest absolute Gasteiger partial charge is 0.490 e. The average Bonchev–Trinajstić information content (AvgIpc) is 2.54. The molecule has 0 aromatic heterocycles. The second-order valence-corrected chi connectivity index (χ2v) is 5.93. The Morgan fingerprint density at radius 3 is 2.52 bits per heavy atom. The third-order valence-corrected chi connectivity index (χ3v) is 4.36.